The lowest BCUT2D eigenvalue weighted by Gasteiger charge is -2.68. The molecular weight excluding hydrogens is 1200 g/mol. The number of dihydropyridines is 1. The summed E-state index contributed by atoms with van der Waals surface area (Å²) in [5, 5.41) is 91.4. The molecule has 2 saturated carbocycles. The molecule has 0 radical (unpaired) electrons. The van der Waals surface area contributed by atoms with Crippen molar-refractivity contribution in [1.29, 1.82) is 0 Å². The van der Waals surface area contributed by atoms with Crippen molar-refractivity contribution in [2.45, 2.75) is 152 Å². The first-order valence-corrected chi connectivity index (χ1v) is 37.9. The standard InChI is InChI=1S/C79H99N3O9S2/c1-3-46-31-53-36-69(87)71(91-72-37-54(32-56-19-11-28-81-56)58-26-29-82-77(80)64(58)45-93-92-44-55(42-83)76(72)89)39-60(53)61-38-70(88)74-51(34-59(46)61)25-27-78-41-63(47-13-5-4-6-14-47)66-35-50-17-8-7-16-49(50)33-62-57-20-10-9-15-48(57)21-22-65(62)79(66,73(78)43-84)40-52(18-12-30-90-2)75(78)68(86)24-23-67(74)85/h4-8,11,13-14,16-17,19,21-22,26,28,34,36,39-40,46,48,51,54-55,57,61-63,65-68,70,72-76,81-89H,3,9-10,12,15,18,20,23-24,29-33,35,37-38,41-45,80H2,1-2H3/t46-,48-,51-,54-,55+,57+,61+,62-,63-,65-,66-,67+,68+,70-,72+,73+,74+,75+,76+,78+,79+/m1/s1. The average Bonchev–Trinajstić information content (AvgIpc) is 1.04. The molecule has 1 saturated heterocycles. The van der Waals surface area contributed by atoms with Crippen LogP contribution in [0.1, 0.15) is 129 Å². The quantitative estimate of drug-likeness (QED) is 0.0277. The number of phenols is 1. The zero-order valence-corrected chi connectivity index (χ0v) is 56.0. The molecule has 12 nitrogen and oxygen atoms in total. The van der Waals surface area contributed by atoms with Gasteiger partial charge in [0.25, 0.3) is 0 Å². The molecule has 2 aliphatic heterocycles. The Morgan fingerprint density at radius 2 is 1.62 bits per heavy atom. The number of phenolic OH excluding ortho intramolecular Hbond substituents is 1. The molecule has 1 aromatic heterocycles. The van der Waals surface area contributed by atoms with Gasteiger partial charge in [0, 0.05) is 109 Å². The van der Waals surface area contributed by atoms with E-state index < -0.39 is 65.0 Å². The number of aromatic hydroxyl groups is 1. The maximum absolute atomic E-state index is 13.4. The fourth-order valence-corrected chi connectivity index (χ4v) is 23.4. The highest BCUT2D eigenvalue weighted by atomic mass is 33.1. The van der Waals surface area contributed by atoms with Gasteiger partial charge in [-0.2, -0.15) is 0 Å². The van der Waals surface area contributed by atoms with E-state index in [1.165, 1.54) is 47.9 Å². The Morgan fingerprint density at radius 1 is 0.817 bits per heavy atom. The minimum absolute atomic E-state index is 0.0204. The first-order chi connectivity index (χ1) is 45.4. The number of nitrogens with two attached hydrogens (primary N) is 1. The highest BCUT2D eigenvalue weighted by molar-refractivity contribution is 8.76. The van der Waals surface area contributed by atoms with E-state index in [0.29, 0.717) is 86.8 Å². The van der Waals surface area contributed by atoms with E-state index in [-0.39, 0.29) is 72.6 Å². The van der Waals surface area contributed by atoms with Crippen molar-refractivity contribution in [3.8, 4) is 23.3 Å². The van der Waals surface area contributed by atoms with Gasteiger partial charge < -0.3 is 61.3 Å². The number of hydrogen-bond acceptors (Lipinski definition) is 13. The van der Waals surface area contributed by atoms with Gasteiger partial charge in [-0.25, -0.2) is 0 Å². The number of nitrogens with one attached hydrogen (secondary N) is 2. The molecule has 14 heteroatoms. The van der Waals surface area contributed by atoms with Crippen LogP contribution in [-0.4, -0.2) is 116 Å². The molecule has 11 N–H and O–H groups in total. The van der Waals surface area contributed by atoms with Crippen LogP contribution in [0.4, 0.5) is 0 Å². The molecule has 0 amide bonds. The molecule has 4 aromatic rings. The Kier molecular flexibility index (Phi) is 19.4. The van der Waals surface area contributed by atoms with E-state index in [0.717, 1.165) is 65.6 Å². The average molecular weight is 1300 g/mol. The van der Waals surface area contributed by atoms with Crippen LogP contribution >= 0.6 is 21.6 Å². The summed E-state index contributed by atoms with van der Waals surface area (Å²) >= 11 is 0. The van der Waals surface area contributed by atoms with Gasteiger partial charge in [-0.05, 0) is 195 Å². The number of H-pyrrole nitrogens is 1. The zero-order chi connectivity index (χ0) is 64.1. The number of allylic oxidation sites excluding steroid dienone is 6. The smallest absolute Gasteiger partial charge is 0.161 e. The lowest BCUT2D eigenvalue weighted by Crippen LogP contribution is -2.66. The van der Waals surface area contributed by atoms with Crippen molar-refractivity contribution >= 4 is 21.6 Å². The van der Waals surface area contributed by atoms with Crippen LogP contribution in [-0.2, 0) is 30.4 Å². The molecule has 2 bridgehead atoms. The summed E-state index contributed by atoms with van der Waals surface area (Å²) < 4.78 is 12.9. The van der Waals surface area contributed by atoms with Crippen molar-refractivity contribution in [3.05, 3.63) is 177 Å². The summed E-state index contributed by atoms with van der Waals surface area (Å²) in [6.45, 7) is 3.01. The molecule has 0 unspecified atom stereocenters. The highest BCUT2D eigenvalue weighted by Crippen LogP contribution is 2.73. The molecule has 10 aliphatic rings. The third-order valence-electron chi connectivity index (χ3n) is 25.1. The molecular formula is C79H99N3O9S2. The molecule has 2 spiro atoms. The summed E-state index contributed by atoms with van der Waals surface area (Å²) in [6.07, 6.45) is 21.6. The Labute approximate surface area is 558 Å². The lowest BCUT2D eigenvalue weighted by atomic mass is 9.35. The molecule has 93 heavy (non-hydrogen) atoms. The van der Waals surface area contributed by atoms with Crippen LogP contribution in [0.15, 0.2) is 144 Å². The predicted octanol–water partition coefficient (Wildman–Crippen LogP) is 11.7. The van der Waals surface area contributed by atoms with Crippen molar-refractivity contribution < 1.29 is 45.2 Å². The lowest BCUT2D eigenvalue weighted by molar-refractivity contribution is -0.147. The Bertz CT molecular complexity index is 3540. The van der Waals surface area contributed by atoms with Crippen LogP contribution in [0.3, 0.4) is 0 Å². The van der Waals surface area contributed by atoms with Crippen molar-refractivity contribution in [1.82, 2.24) is 10.3 Å². The molecule has 8 aliphatic carbocycles. The number of fused-ring (bicyclic) bond motifs is 9. The molecule has 3 aromatic carbocycles. The number of ether oxygens (including phenoxy) is 2. The number of rotatable bonds is 12. The SMILES string of the molecule is CC[C@@H]1Cc2cc(O)c(O[C@H]3C[C@@H](Cc4ccc[nH]4)C4=CCNC(N)=C4CSSC[C@H](CO)[C@@H]3O)cc2[C@H]2C[C@@H](O)[C@H]3[C@H](C#C[C@@]45C[C@H](c6ccccc6)[C@H]6Cc7ccccc7C[C@@H]7[C@H]8CCCC[C@@H]8C=C[C@H]7[C@]6(C=C(CCCOC)[C@H]4[C@@H](O)CC[C@@H]3O)[C@H]5CO)C=C12. The number of hydrogen-bond donors (Lipinski definition) is 10. The van der Waals surface area contributed by atoms with Crippen LogP contribution in [0.5, 0.6) is 11.5 Å². The second kappa shape index (κ2) is 27.7. The van der Waals surface area contributed by atoms with Crippen LogP contribution < -0.4 is 15.8 Å². The third-order valence-corrected chi connectivity index (χ3v) is 27.5. The van der Waals surface area contributed by atoms with Gasteiger partial charge in [0.05, 0.1) is 24.4 Å². The number of aliphatic hydroxyl groups is 6. The summed E-state index contributed by atoms with van der Waals surface area (Å²) in [5.41, 5.74) is 16.8. The molecule has 3 fully saturated rings. The van der Waals surface area contributed by atoms with E-state index in [9.17, 15) is 35.7 Å². The summed E-state index contributed by atoms with van der Waals surface area (Å²) in [7, 11) is 5.02. The fraction of sp³-hybridized carbons (Fsp3) is 0.570. The number of aliphatic hydroxyl groups excluding tert-OH is 6. The molecule has 3 heterocycles. The third kappa shape index (κ3) is 12.0. The summed E-state index contributed by atoms with van der Waals surface area (Å²) in [4.78, 5) is 3.40. The second-order valence-electron chi connectivity index (χ2n) is 29.6. The number of methoxy groups -OCH3 is 1. The largest absolute Gasteiger partial charge is 0.504 e. The van der Waals surface area contributed by atoms with E-state index in [4.69, 9.17) is 15.2 Å². The molecule has 21 atom stereocenters. The maximum Gasteiger partial charge on any atom is 0.161 e. The summed E-state index contributed by atoms with van der Waals surface area (Å²) in [5.74, 6) is 8.79. The van der Waals surface area contributed by atoms with Gasteiger partial charge in [-0.3, -0.25) is 0 Å². The van der Waals surface area contributed by atoms with Gasteiger partial charge in [0.2, 0.25) is 0 Å². The van der Waals surface area contributed by atoms with Crippen LogP contribution in [0.2, 0.25) is 0 Å². The topological polar surface area (TPSA) is 214 Å². The van der Waals surface area contributed by atoms with Gasteiger partial charge >= 0.3 is 0 Å². The number of benzene rings is 3. The monoisotopic (exact) mass is 1300 g/mol. The van der Waals surface area contributed by atoms with Gasteiger partial charge in [0.15, 0.2) is 11.5 Å². The maximum atomic E-state index is 13.4. The second-order valence-corrected chi connectivity index (χ2v) is 32.1. The normalized spacial score (nSPS) is 38.0. The zero-order valence-electron chi connectivity index (χ0n) is 54.3. The highest BCUT2D eigenvalue weighted by Gasteiger charge is 2.69. The van der Waals surface area contributed by atoms with Crippen LogP contribution in [0.25, 0.3) is 0 Å². The van der Waals surface area contributed by atoms with Crippen molar-refractivity contribution in [2.75, 3.05) is 45.0 Å². The minimum Gasteiger partial charge on any atom is -0.504 e. The van der Waals surface area contributed by atoms with E-state index in [2.05, 4.69) is 120 Å². The van der Waals surface area contributed by atoms with Gasteiger partial charge in [-0.15, -0.1) is 0 Å². The number of aromatic amines is 1. The van der Waals surface area contributed by atoms with E-state index >= 15 is 0 Å². The van der Waals surface area contributed by atoms with Crippen molar-refractivity contribution in [3.63, 3.8) is 0 Å². The Morgan fingerprint density at radius 3 is 2.41 bits per heavy atom. The minimum atomic E-state index is -1.09. The van der Waals surface area contributed by atoms with Gasteiger partial charge in [0.1, 0.15) is 11.9 Å². The van der Waals surface area contributed by atoms with E-state index in [1.807, 2.05) is 24.4 Å². The molecule has 496 valence electrons. The fourth-order valence-electron chi connectivity index (χ4n) is 20.9. The first-order valence-electron chi connectivity index (χ1n) is 35.4. The molecule has 14 rings (SSSR count). The number of aromatic nitrogens is 1. The van der Waals surface area contributed by atoms with Gasteiger partial charge in [-0.1, -0.05) is 149 Å². The Hall–Kier alpha value is -5.18. The van der Waals surface area contributed by atoms with Crippen LogP contribution in [0, 0.1) is 93.7 Å². The van der Waals surface area contributed by atoms with E-state index in [1.54, 1.807) is 28.7 Å². The summed E-state index contributed by atoms with van der Waals surface area (Å²) in [6, 6.07) is 28.1. The predicted molar refractivity (Wildman–Crippen MR) is 370 cm³/mol. The first kappa shape index (κ1) is 65.1. The van der Waals surface area contributed by atoms with Crippen molar-refractivity contribution in [2.24, 2.45) is 87.6 Å². The Balaban J connectivity index is 0.906.